The van der Waals surface area contributed by atoms with E-state index in [1.807, 2.05) is 43.3 Å². The number of carbonyl (C=O) groups is 1. The van der Waals surface area contributed by atoms with Gasteiger partial charge in [0.2, 0.25) is 5.91 Å². The van der Waals surface area contributed by atoms with Crippen molar-refractivity contribution in [3.8, 4) is 11.1 Å². The summed E-state index contributed by atoms with van der Waals surface area (Å²) >= 11 is 12.2. The highest BCUT2D eigenvalue weighted by molar-refractivity contribution is 6.35. The number of hydrogen-bond acceptors (Lipinski definition) is 3. The Labute approximate surface area is 187 Å². The summed E-state index contributed by atoms with van der Waals surface area (Å²) < 4.78 is 0. The summed E-state index contributed by atoms with van der Waals surface area (Å²) in [7, 11) is 0. The molecule has 2 aromatic carbocycles. The molecule has 0 aromatic heterocycles. The normalized spacial score (nSPS) is 22.9. The fourth-order valence-corrected chi connectivity index (χ4v) is 5.14. The molecular weight excluding hydrogens is 421 g/mol. The summed E-state index contributed by atoms with van der Waals surface area (Å²) in [5.41, 5.74) is 2.27. The summed E-state index contributed by atoms with van der Waals surface area (Å²) in [6.07, 6.45) is 6.72. The van der Waals surface area contributed by atoms with E-state index in [0.29, 0.717) is 23.0 Å². The van der Waals surface area contributed by atoms with Gasteiger partial charge in [0, 0.05) is 23.0 Å². The Kier molecular flexibility index (Phi) is 6.40. The monoisotopic (exact) mass is 447 g/mol. The van der Waals surface area contributed by atoms with Crippen LogP contribution in [0.1, 0.15) is 57.4 Å². The predicted octanol–water partition coefficient (Wildman–Crippen LogP) is 6.48. The Bertz CT molecular complexity index is 889. The lowest BCUT2D eigenvalue weighted by molar-refractivity contribution is -0.351. The molecule has 1 aliphatic carbocycles. The quantitative estimate of drug-likeness (QED) is 0.533. The second-order valence-electron chi connectivity index (χ2n) is 8.85. The third-order valence-electron chi connectivity index (χ3n) is 6.05. The van der Waals surface area contributed by atoms with Gasteiger partial charge in [-0.25, -0.2) is 9.78 Å². The van der Waals surface area contributed by atoms with E-state index < -0.39 is 5.60 Å². The van der Waals surface area contributed by atoms with Gasteiger partial charge in [0.25, 0.3) is 0 Å². The van der Waals surface area contributed by atoms with Gasteiger partial charge >= 0.3 is 0 Å². The minimum absolute atomic E-state index is 0.0281. The number of rotatable bonds is 5. The van der Waals surface area contributed by atoms with E-state index in [-0.39, 0.29) is 11.5 Å². The Balaban J connectivity index is 1.31. The van der Waals surface area contributed by atoms with Crippen LogP contribution in [0.25, 0.3) is 11.1 Å². The highest BCUT2D eigenvalue weighted by Crippen LogP contribution is 2.46. The average Bonchev–Trinajstić information content (AvgIpc) is 3.02. The second-order valence-corrected chi connectivity index (χ2v) is 9.72. The van der Waals surface area contributed by atoms with E-state index >= 15 is 0 Å². The smallest absolute Gasteiger partial charge is 0.223 e. The molecule has 2 fully saturated rings. The zero-order valence-corrected chi connectivity index (χ0v) is 18.7. The molecule has 1 amide bonds. The topological polar surface area (TPSA) is 47.6 Å². The standard InChI is InChI=1S/C24H27Cl2NO3/c1-23(16-24(30-29-23)9-3-2-4-10-24)14-22(28)27-15-17-5-7-18(8-6-17)19-11-20(25)13-21(26)12-19/h5-8,11-13H,2-4,9-10,14-16H2,1H3,(H,27,28). The van der Waals surface area contributed by atoms with Gasteiger partial charge in [-0.2, -0.15) is 0 Å². The van der Waals surface area contributed by atoms with Gasteiger partial charge < -0.3 is 5.32 Å². The number of benzene rings is 2. The van der Waals surface area contributed by atoms with Crippen LogP contribution in [0.3, 0.4) is 0 Å². The van der Waals surface area contributed by atoms with Gasteiger partial charge in [-0.05, 0) is 54.7 Å². The van der Waals surface area contributed by atoms with E-state index in [2.05, 4.69) is 5.32 Å². The molecule has 1 aliphatic heterocycles. The van der Waals surface area contributed by atoms with Crippen molar-refractivity contribution in [3.63, 3.8) is 0 Å². The first-order chi connectivity index (χ1) is 14.3. The molecular formula is C24H27Cl2NO3. The molecule has 0 bridgehead atoms. The number of nitrogens with one attached hydrogen (secondary N) is 1. The number of hydrogen-bond donors (Lipinski definition) is 1. The molecule has 6 heteroatoms. The van der Waals surface area contributed by atoms with Gasteiger partial charge in [0.05, 0.1) is 6.42 Å². The van der Waals surface area contributed by atoms with Crippen molar-refractivity contribution in [1.82, 2.24) is 5.32 Å². The van der Waals surface area contributed by atoms with Gasteiger partial charge in [-0.15, -0.1) is 0 Å². The minimum Gasteiger partial charge on any atom is -0.352 e. The fourth-order valence-electron chi connectivity index (χ4n) is 4.62. The third-order valence-corrected chi connectivity index (χ3v) is 6.49. The maximum absolute atomic E-state index is 12.5. The summed E-state index contributed by atoms with van der Waals surface area (Å²) in [5.74, 6) is -0.0281. The van der Waals surface area contributed by atoms with Crippen LogP contribution in [0.15, 0.2) is 42.5 Å². The Morgan fingerprint density at radius 1 is 0.967 bits per heavy atom. The van der Waals surface area contributed by atoms with Crippen LogP contribution in [-0.4, -0.2) is 17.1 Å². The summed E-state index contributed by atoms with van der Waals surface area (Å²) in [6.45, 7) is 2.44. The lowest BCUT2D eigenvalue weighted by atomic mass is 9.77. The van der Waals surface area contributed by atoms with Crippen LogP contribution in [-0.2, 0) is 21.1 Å². The highest BCUT2D eigenvalue weighted by atomic mass is 35.5. The first kappa shape index (κ1) is 21.6. The lowest BCUT2D eigenvalue weighted by Crippen LogP contribution is -2.37. The van der Waals surface area contributed by atoms with Crippen molar-refractivity contribution >= 4 is 29.1 Å². The molecule has 1 unspecified atom stereocenters. The zero-order valence-electron chi connectivity index (χ0n) is 17.2. The molecule has 2 aromatic rings. The van der Waals surface area contributed by atoms with E-state index in [1.165, 1.54) is 19.3 Å². The molecule has 160 valence electrons. The number of amides is 1. The third kappa shape index (κ3) is 5.17. The van der Waals surface area contributed by atoms with Crippen molar-refractivity contribution in [2.45, 2.75) is 69.6 Å². The fraction of sp³-hybridized carbons (Fsp3) is 0.458. The summed E-state index contributed by atoms with van der Waals surface area (Å²) in [6, 6.07) is 13.5. The van der Waals surface area contributed by atoms with Crippen LogP contribution in [0.2, 0.25) is 10.0 Å². The van der Waals surface area contributed by atoms with Crippen molar-refractivity contribution in [2.75, 3.05) is 0 Å². The van der Waals surface area contributed by atoms with Crippen LogP contribution in [0, 0.1) is 0 Å². The van der Waals surface area contributed by atoms with E-state index in [4.69, 9.17) is 33.0 Å². The van der Waals surface area contributed by atoms with Crippen molar-refractivity contribution in [1.29, 1.82) is 0 Å². The van der Waals surface area contributed by atoms with E-state index in [1.54, 1.807) is 6.07 Å². The molecule has 4 rings (SSSR count). The highest BCUT2D eigenvalue weighted by Gasteiger charge is 2.50. The van der Waals surface area contributed by atoms with Gasteiger partial charge in [0.1, 0.15) is 11.2 Å². The molecule has 1 atom stereocenters. The Morgan fingerprint density at radius 2 is 1.63 bits per heavy atom. The molecule has 1 heterocycles. The molecule has 0 radical (unpaired) electrons. The van der Waals surface area contributed by atoms with Gasteiger partial charge in [-0.3, -0.25) is 4.79 Å². The first-order valence-electron chi connectivity index (χ1n) is 10.5. The zero-order chi connectivity index (χ0) is 21.2. The first-order valence-corrected chi connectivity index (χ1v) is 11.3. The van der Waals surface area contributed by atoms with Crippen molar-refractivity contribution < 1.29 is 14.6 Å². The molecule has 4 nitrogen and oxygen atoms in total. The average molecular weight is 448 g/mol. The molecule has 1 N–H and O–H groups in total. The largest absolute Gasteiger partial charge is 0.352 e. The van der Waals surface area contributed by atoms with E-state index in [0.717, 1.165) is 36.0 Å². The summed E-state index contributed by atoms with van der Waals surface area (Å²) in [4.78, 5) is 23.9. The number of carbonyl (C=O) groups excluding carboxylic acids is 1. The van der Waals surface area contributed by atoms with Crippen LogP contribution >= 0.6 is 23.2 Å². The molecule has 1 spiro atoms. The van der Waals surface area contributed by atoms with E-state index in [9.17, 15) is 4.79 Å². The van der Waals surface area contributed by atoms with Gasteiger partial charge in [0.15, 0.2) is 0 Å². The van der Waals surface area contributed by atoms with Crippen LogP contribution in [0.5, 0.6) is 0 Å². The molecule has 30 heavy (non-hydrogen) atoms. The van der Waals surface area contributed by atoms with Gasteiger partial charge in [-0.1, -0.05) is 66.7 Å². The maximum Gasteiger partial charge on any atom is 0.223 e. The lowest BCUT2D eigenvalue weighted by Gasteiger charge is -2.30. The minimum atomic E-state index is -0.558. The van der Waals surface area contributed by atoms with Crippen LogP contribution in [0.4, 0.5) is 0 Å². The molecule has 2 aliphatic rings. The maximum atomic E-state index is 12.5. The number of halogens is 2. The SMILES string of the molecule is CC1(CC(=O)NCc2ccc(-c3cc(Cl)cc(Cl)c3)cc2)CC2(CCCCC2)OO1. The predicted molar refractivity (Wildman–Crippen MR) is 119 cm³/mol. The summed E-state index contributed by atoms with van der Waals surface area (Å²) in [5, 5.41) is 4.22. The Morgan fingerprint density at radius 3 is 2.30 bits per heavy atom. The van der Waals surface area contributed by atoms with Crippen molar-refractivity contribution in [3.05, 3.63) is 58.1 Å². The van der Waals surface area contributed by atoms with Crippen molar-refractivity contribution in [2.24, 2.45) is 0 Å². The molecule has 1 saturated heterocycles. The second kappa shape index (κ2) is 8.88. The Hall–Kier alpha value is -1.59. The van der Waals surface area contributed by atoms with Crippen LogP contribution < -0.4 is 5.32 Å². The molecule has 1 saturated carbocycles.